The molecule has 1 fully saturated rings. The average molecular weight is 289 g/mol. The van der Waals surface area contributed by atoms with Gasteiger partial charge in [-0.1, -0.05) is 37.6 Å². The molecule has 0 bridgehead atoms. The molecule has 1 aromatic carbocycles. The van der Waals surface area contributed by atoms with Crippen molar-refractivity contribution in [3.63, 3.8) is 0 Å². The molecular formula is C17H23NO3. The number of carbonyl (C=O) groups excluding carboxylic acids is 1. The maximum Gasteiger partial charge on any atom is 0.310 e. The molecule has 0 saturated heterocycles. The van der Waals surface area contributed by atoms with Crippen LogP contribution in [0, 0.1) is 5.41 Å². The van der Waals surface area contributed by atoms with Gasteiger partial charge in [-0.15, -0.1) is 0 Å². The molecule has 2 N–H and O–H groups in total. The summed E-state index contributed by atoms with van der Waals surface area (Å²) in [7, 11) is 0. The van der Waals surface area contributed by atoms with E-state index in [0.717, 1.165) is 18.4 Å². The van der Waals surface area contributed by atoms with Gasteiger partial charge < -0.3 is 10.4 Å². The Kier molecular flexibility index (Phi) is 4.66. The van der Waals surface area contributed by atoms with E-state index in [1.807, 2.05) is 19.1 Å². The third-order valence-corrected chi connectivity index (χ3v) is 4.53. The smallest absolute Gasteiger partial charge is 0.310 e. The van der Waals surface area contributed by atoms with E-state index in [9.17, 15) is 14.7 Å². The van der Waals surface area contributed by atoms with Crippen molar-refractivity contribution >= 4 is 11.9 Å². The van der Waals surface area contributed by atoms with Crippen molar-refractivity contribution in [2.24, 2.45) is 5.41 Å². The van der Waals surface area contributed by atoms with Gasteiger partial charge >= 0.3 is 5.97 Å². The van der Waals surface area contributed by atoms with Crippen molar-refractivity contribution in [3.8, 4) is 0 Å². The van der Waals surface area contributed by atoms with Gasteiger partial charge in [0, 0.05) is 6.42 Å². The molecule has 0 aromatic heterocycles. The molecule has 21 heavy (non-hydrogen) atoms. The Labute approximate surface area is 125 Å². The van der Waals surface area contributed by atoms with E-state index in [0.29, 0.717) is 12.8 Å². The summed E-state index contributed by atoms with van der Waals surface area (Å²) < 4.78 is 0. The summed E-state index contributed by atoms with van der Waals surface area (Å²) in [5, 5.41) is 12.2. The fourth-order valence-electron chi connectivity index (χ4n) is 2.80. The molecule has 114 valence electrons. The number of benzene rings is 1. The van der Waals surface area contributed by atoms with Crippen LogP contribution in [0.15, 0.2) is 24.3 Å². The zero-order chi connectivity index (χ0) is 15.5. The Morgan fingerprint density at radius 1 is 1.29 bits per heavy atom. The molecule has 1 unspecified atom stereocenters. The van der Waals surface area contributed by atoms with Gasteiger partial charge in [0.1, 0.15) is 0 Å². The predicted molar refractivity (Wildman–Crippen MR) is 80.9 cm³/mol. The summed E-state index contributed by atoms with van der Waals surface area (Å²) in [6.45, 7) is 4.03. The minimum Gasteiger partial charge on any atom is -0.481 e. The molecule has 2 rings (SSSR count). The van der Waals surface area contributed by atoms with Crippen LogP contribution in [0.3, 0.4) is 0 Å². The first kappa shape index (κ1) is 15.5. The normalized spacial score (nSPS) is 17.6. The van der Waals surface area contributed by atoms with E-state index in [4.69, 9.17) is 0 Å². The average Bonchev–Trinajstić information content (AvgIpc) is 2.42. The molecular weight excluding hydrogens is 266 g/mol. The number of aliphatic carboxylic acids is 1. The minimum absolute atomic E-state index is 0.0831. The second-order valence-corrected chi connectivity index (χ2v) is 6.00. The number of carbonyl (C=O) groups is 2. The van der Waals surface area contributed by atoms with Crippen LogP contribution in [0.4, 0.5) is 0 Å². The van der Waals surface area contributed by atoms with Crippen LogP contribution in [0.5, 0.6) is 0 Å². The van der Waals surface area contributed by atoms with Crippen molar-refractivity contribution < 1.29 is 14.7 Å². The summed E-state index contributed by atoms with van der Waals surface area (Å²) in [5.74, 6) is -1.02. The van der Waals surface area contributed by atoms with Gasteiger partial charge in [0.05, 0.1) is 11.5 Å². The van der Waals surface area contributed by atoms with Crippen molar-refractivity contribution in [3.05, 3.63) is 35.4 Å². The molecule has 0 radical (unpaired) electrons. The molecule has 1 aliphatic carbocycles. The Morgan fingerprint density at radius 3 is 2.33 bits per heavy atom. The van der Waals surface area contributed by atoms with E-state index in [2.05, 4.69) is 24.4 Å². The first-order chi connectivity index (χ1) is 9.97. The van der Waals surface area contributed by atoms with Crippen LogP contribution in [-0.2, 0) is 16.0 Å². The van der Waals surface area contributed by atoms with Crippen LogP contribution in [0.1, 0.15) is 56.7 Å². The number of aryl methyl sites for hydroxylation is 1. The summed E-state index contributed by atoms with van der Waals surface area (Å²) in [5.41, 5.74) is 1.48. The lowest BCUT2D eigenvalue weighted by atomic mass is 9.66. The number of carboxylic acid groups (broad SMARTS) is 1. The van der Waals surface area contributed by atoms with Crippen molar-refractivity contribution in [2.45, 2.75) is 52.0 Å². The summed E-state index contributed by atoms with van der Waals surface area (Å²) >= 11 is 0. The van der Waals surface area contributed by atoms with Crippen LogP contribution in [-0.4, -0.2) is 17.0 Å². The lowest BCUT2D eigenvalue weighted by Crippen LogP contribution is -2.43. The highest BCUT2D eigenvalue weighted by Gasteiger charge is 2.45. The monoisotopic (exact) mass is 289 g/mol. The number of nitrogens with one attached hydrogen (secondary N) is 1. The van der Waals surface area contributed by atoms with Crippen molar-refractivity contribution in [2.75, 3.05) is 0 Å². The maximum absolute atomic E-state index is 12.1. The predicted octanol–water partition coefficient (Wildman–Crippen LogP) is 3.07. The third kappa shape index (κ3) is 3.43. The zero-order valence-electron chi connectivity index (χ0n) is 12.7. The standard InChI is InChI=1S/C17H23NO3/c1-3-13-5-7-14(8-6-13)12(2)18-15(19)11-17(16(20)21)9-4-10-17/h5-8,12H,3-4,9-11H2,1-2H3,(H,18,19)(H,20,21). The van der Waals surface area contributed by atoms with E-state index < -0.39 is 11.4 Å². The summed E-state index contributed by atoms with van der Waals surface area (Å²) in [6, 6.07) is 8.04. The fraction of sp³-hybridized carbons (Fsp3) is 0.529. The zero-order valence-corrected chi connectivity index (χ0v) is 12.7. The summed E-state index contributed by atoms with van der Waals surface area (Å²) in [6.07, 6.45) is 3.18. The molecule has 1 aliphatic rings. The quantitative estimate of drug-likeness (QED) is 0.845. The van der Waals surface area contributed by atoms with Gasteiger partial charge in [0.25, 0.3) is 0 Å². The largest absolute Gasteiger partial charge is 0.481 e. The molecule has 1 saturated carbocycles. The molecule has 1 amide bonds. The molecule has 4 heteroatoms. The number of carboxylic acids is 1. The van der Waals surface area contributed by atoms with Gasteiger partial charge in [0.15, 0.2) is 0 Å². The number of hydrogen-bond acceptors (Lipinski definition) is 2. The molecule has 0 spiro atoms. The maximum atomic E-state index is 12.1. The van der Waals surface area contributed by atoms with Crippen molar-refractivity contribution in [1.82, 2.24) is 5.32 Å². The Bertz CT molecular complexity index is 517. The van der Waals surface area contributed by atoms with E-state index in [1.165, 1.54) is 5.56 Å². The summed E-state index contributed by atoms with van der Waals surface area (Å²) in [4.78, 5) is 23.4. The molecule has 0 heterocycles. The second kappa shape index (κ2) is 6.29. The number of rotatable bonds is 6. The van der Waals surface area contributed by atoms with Crippen molar-refractivity contribution in [1.29, 1.82) is 0 Å². The highest BCUT2D eigenvalue weighted by molar-refractivity contribution is 5.85. The third-order valence-electron chi connectivity index (χ3n) is 4.53. The van der Waals surface area contributed by atoms with Gasteiger partial charge in [-0.2, -0.15) is 0 Å². The highest BCUT2D eigenvalue weighted by atomic mass is 16.4. The second-order valence-electron chi connectivity index (χ2n) is 6.00. The molecule has 1 atom stereocenters. The Morgan fingerprint density at radius 2 is 1.90 bits per heavy atom. The van der Waals surface area contributed by atoms with Gasteiger partial charge in [-0.25, -0.2) is 0 Å². The fourth-order valence-corrected chi connectivity index (χ4v) is 2.80. The Balaban J connectivity index is 1.93. The van der Waals surface area contributed by atoms with Gasteiger partial charge in [0.2, 0.25) is 5.91 Å². The molecule has 1 aromatic rings. The Hall–Kier alpha value is -1.84. The first-order valence-electron chi connectivity index (χ1n) is 7.58. The van der Waals surface area contributed by atoms with Crippen LogP contribution in [0.25, 0.3) is 0 Å². The topological polar surface area (TPSA) is 66.4 Å². The highest BCUT2D eigenvalue weighted by Crippen LogP contribution is 2.44. The number of hydrogen-bond donors (Lipinski definition) is 2. The SMILES string of the molecule is CCc1ccc(C(C)NC(=O)CC2(C(=O)O)CCC2)cc1. The van der Waals surface area contributed by atoms with Crippen LogP contribution in [0.2, 0.25) is 0 Å². The first-order valence-corrected chi connectivity index (χ1v) is 7.58. The lowest BCUT2D eigenvalue weighted by molar-refractivity contribution is -0.157. The lowest BCUT2D eigenvalue weighted by Gasteiger charge is -2.37. The van der Waals surface area contributed by atoms with Gasteiger partial charge in [-0.3, -0.25) is 9.59 Å². The molecule has 4 nitrogen and oxygen atoms in total. The van der Waals surface area contributed by atoms with Gasteiger partial charge in [-0.05, 0) is 37.3 Å². The van der Waals surface area contributed by atoms with Crippen LogP contribution < -0.4 is 5.32 Å². The van der Waals surface area contributed by atoms with E-state index in [-0.39, 0.29) is 18.4 Å². The number of amides is 1. The van der Waals surface area contributed by atoms with Crippen LogP contribution >= 0.6 is 0 Å². The minimum atomic E-state index is -0.844. The van der Waals surface area contributed by atoms with E-state index >= 15 is 0 Å². The van der Waals surface area contributed by atoms with E-state index in [1.54, 1.807) is 0 Å². The molecule has 0 aliphatic heterocycles.